The van der Waals surface area contributed by atoms with Crippen LogP contribution in [0.3, 0.4) is 0 Å². The Morgan fingerprint density at radius 1 is 1.41 bits per heavy atom. The minimum absolute atomic E-state index is 0.0822. The Balaban J connectivity index is 2.03. The van der Waals surface area contributed by atoms with Gasteiger partial charge >= 0.3 is 0 Å². The van der Waals surface area contributed by atoms with E-state index in [1.165, 1.54) is 23.5 Å². The summed E-state index contributed by atoms with van der Waals surface area (Å²) in [6, 6.07) is 8.28. The van der Waals surface area contributed by atoms with Crippen LogP contribution in [0.1, 0.15) is 4.88 Å². The lowest BCUT2D eigenvalue weighted by molar-refractivity contribution is -0.115. The molecular weight excluding hydrogens is 236 g/mol. The summed E-state index contributed by atoms with van der Waals surface area (Å²) in [5.74, 6) is -0.0383. The van der Waals surface area contributed by atoms with Crippen LogP contribution in [-0.4, -0.2) is 11.0 Å². The van der Waals surface area contributed by atoms with Gasteiger partial charge in [0.2, 0.25) is 5.91 Å². The van der Waals surface area contributed by atoms with E-state index in [0.717, 1.165) is 4.88 Å². The van der Waals surface area contributed by atoms with Gasteiger partial charge in [0.15, 0.2) is 0 Å². The van der Waals surface area contributed by atoms with Crippen molar-refractivity contribution in [2.24, 2.45) is 0 Å². The molecule has 2 aromatic rings. The van der Waals surface area contributed by atoms with Crippen LogP contribution in [0.15, 0.2) is 35.7 Å². The van der Waals surface area contributed by atoms with Gasteiger partial charge in [-0.05, 0) is 23.6 Å². The van der Waals surface area contributed by atoms with Crippen molar-refractivity contribution in [3.05, 3.63) is 40.6 Å². The minimum Gasteiger partial charge on any atom is -0.508 e. The van der Waals surface area contributed by atoms with E-state index < -0.39 is 0 Å². The summed E-state index contributed by atoms with van der Waals surface area (Å²) in [5, 5.41) is 13.8. The predicted octanol–water partition coefficient (Wildman–Crippen LogP) is 2.22. The standard InChI is InChI=1S/C12H12N2O2S/c13-10-6-8(15)3-4-11(10)14-12(16)7-9-2-1-5-17-9/h1-6,15H,7,13H2,(H,14,16). The number of carbonyl (C=O) groups excluding carboxylic acids is 1. The summed E-state index contributed by atoms with van der Waals surface area (Å²) in [6.45, 7) is 0. The number of phenolic OH excluding ortho intramolecular Hbond substituents is 1. The third-order valence-electron chi connectivity index (χ3n) is 2.22. The Labute approximate surface area is 103 Å². The van der Waals surface area contributed by atoms with Gasteiger partial charge in [0.05, 0.1) is 17.8 Å². The van der Waals surface area contributed by atoms with Crippen molar-refractivity contribution < 1.29 is 9.90 Å². The van der Waals surface area contributed by atoms with Crippen molar-refractivity contribution in [3.63, 3.8) is 0 Å². The van der Waals surface area contributed by atoms with Crippen LogP contribution in [-0.2, 0) is 11.2 Å². The summed E-state index contributed by atoms with van der Waals surface area (Å²) in [6.07, 6.45) is 0.331. The molecule has 0 fully saturated rings. The average molecular weight is 248 g/mol. The molecule has 1 amide bonds. The van der Waals surface area contributed by atoms with Gasteiger partial charge in [0.25, 0.3) is 0 Å². The third-order valence-corrected chi connectivity index (χ3v) is 3.10. The quantitative estimate of drug-likeness (QED) is 0.576. The van der Waals surface area contributed by atoms with Gasteiger partial charge in [-0.25, -0.2) is 0 Å². The highest BCUT2D eigenvalue weighted by atomic mass is 32.1. The summed E-state index contributed by atoms with van der Waals surface area (Å²) < 4.78 is 0. The van der Waals surface area contributed by atoms with Gasteiger partial charge in [0.1, 0.15) is 5.75 Å². The first-order valence-corrected chi connectivity index (χ1v) is 5.94. The topological polar surface area (TPSA) is 75.3 Å². The molecule has 0 atom stereocenters. The van der Waals surface area contributed by atoms with Crippen molar-refractivity contribution in [2.45, 2.75) is 6.42 Å². The number of amides is 1. The number of hydrogen-bond donors (Lipinski definition) is 3. The molecule has 4 nitrogen and oxygen atoms in total. The number of anilines is 2. The molecule has 4 N–H and O–H groups in total. The number of benzene rings is 1. The summed E-state index contributed by atoms with van der Waals surface area (Å²) in [7, 11) is 0. The second-order valence-corrected chi connectivity index (χ2v) is 4.61. The van der Waals surface area contributed by atoms with Gasteiger partial charge in [-0.3, -0.25) is 4.79 Å². The van der Waals surface area contributed by atoms with E-state index in [1.54, 1.807) is 6.07 Å². The van der Waals surface area contributed by atoms with E-state index in [9.17, 15) is 9.90 Å². The van der Waals surface area contributed by atoms with Crippen LogP contribution >= 0.6 is 11.3 Å². The van der Waals surface area contributed by atoms with Crippen molar-refractivity contribution >= 4 is 28.6 Å². The lowest BCUT2D eigenvalue weighted by Crippen LogP contribution is -2.14. The molecule has 0 aliphatic heterocycles. The van der Waals surface area contributed by atoms with Crippen molar-refractivity contribution in [2.75, 3.05) is 11.1 Å². The Morgan fingerprint density at radius 3 is 2.88 bits per heavy atom. The van der Waals surface area contributed by atoms with Gasteiger partial charge in [-0.2, -0.15) is 0 Å². The van der Waals surface area contributed by atoms with Crippen LogP contribution in [0.5, 0.6) is 5.75 Å². The molecule has 0 aliphatic rings. The monoisotopic (exact) mass is 248 g/mol. The largest absolute Gasteiger partial charge is 0.508 e. The lowest BCUT2D eigenvalue weighted by atomic mass is 10.2. The van der Waals surface area contributed by atoms with Gasteiger partial charge < -0.3 is 16.2 Å². The van der Waals surface area contributed by atoms with Gasteiger partial charge in [0, 0.05) is 10.9 Å². The average Bonchev–Trinajstić information content (AvgIpc) is 2.75. The second-order valence-electron chi connectivity index (χ2n) is 3.58. The molecule has 88 valence electrons. The van der Waals surface area contributed by atoms with Crippen LogP contribution in [0.4, 0.5) is 11.4 Å². The number of nitrogen functional groups attached to an aromatic ring is 1. The summed E-state index contributed by atoms with van der Waals surface area (Å²) in [4.78, 5) is 12.7. The van der Waals surface area contributed by atoms with Crippen LogP contribution < -0.4 is 11.1 Å². The van der Waals surface area contributed by atoms with E-state index in [0.29, 0.717) is 17.8 Å². The Kier molecular flexibility index (Phi) is 3.30. The van der Waals surface area contributed by atoms with E-state index in [1.807, 2.05) is 17.5 Å². The number of phenols is 1. The first-order chi connectivity index (χ1) is 8.15. The maximum absolute atomic E-state index is 11.7. The zero-order chi connectivity index (χ0) is 12.3. The Morgan fingerprint density at radius 2 is 2.24 bits per heavy atom. The molecular formula is C12H12N2O2S. The van der Waals surface area contributed by atoms with E-state index in [4.69, 9.17) is 5.73 Å². The molecule has 17 heavy (non-hydrogen) atoms. The smallest absolute Gasteiger partial charge is 0.229 e. The summed E-state index contributed by atoms with van der Waals surface area (Å²) >= 11 is 1.54. The number of aromatic hydroxyl groups is 1. The van der Waals surface area contributed by atoms with Crippen LogP contribution in [0.2, 0.25) is 0 Å². The van der Waals surface area contributed by atoms with Crippen molar-refractivity contribution in [3.8, 4) is 5.75 Å². The maximum atomic E-state index is 11.7. The first-order valence-electron chi connectivity index (χ1n) is 5.06. The fraction of sp³-hybridized carbons (Fsp3) is 0.0833. The molecule has 0 aliphatic carbocycles. The number of nitrogens with one attached hydrogen (secondary N) is 1. The molecule has 1 heterocycles. The zero-order valence-electron chi connectivity index (χ0n) is 9.01. The van der Waals surface area contributed by atoms with Crippen molar-refractivity contribution in [1.29, 1.82) is 0 Å². The second kappa shape index (κ2) is 4.88. The highest BCUT2D eigenvalue weighted by Crippen LogP contribution is 2.23. The SMILES string of the molecule is Nc1cc(O)ccc1NC(=O)Cc1cccs1. The van der Waals surface area contributed by atoms with Crippen LogP contribution in [0.25, 0.3) is 0 Å². The molecule has 0 bridgehead atoms. The maximum Gasteiger partial charge on any atom is 0.229 e. The third kappa shape index (κ3) is 2.98. The molecule has 1 aromatic carbocycles. The normalized spacial score (nSPS) is 10.1. The van der Waals surface area contributed by atoms with Gasteiger partial charge in [-0.15, -0.1) is 11.3 Å². The fourth-order valence-electron chi connectivity index (χ4n) is 1.43. The van der Waals surface area contributed by atoms with Crippen LogP contribution in [0, 0.1) is 0 Å². The fourth-order valence-corrected chi connectivity index (χ4v) is 2.13. The molecule has 0 saturated carbocycles. The van der Waals surface area contributed by atoms with E-state index in [-0.39, 0.29) is 11.7 Å². The van der Waals surface area contributed by atoms with E-state index in [2.05, 4.69) is 5.32 Å². The molecule has 2 rings (SSSR count). The molecule has 5 heteroatoms. The lowest BCUT2D eigenvalue weighted by Gasteiger charge is -2.07. The number of nitrogens with two attached hydrogens (primary N) is 1. The minimum atomic E-state index is -0.121. The highest BCUT2D eigenvalue weighted by molar-refractivity contribution is 7.10. The molecule has 0 saturated heterocycles. The number of carbonyl (C=O) groups is 1. The number of rotatable bonds is 3. The van der Waals surface area contributed by atoms with E-state index >= 15 is 0 Å². The number of hydrogen-bond acceptors (Lipinski definition) is 4. The highest BCUT2D eigenvalue weighted by Gasteiger charge is 2.07. The molecule has 0 spiro atoms. The van der Waals surface area contributed by atoms with Gasteiger partial charge in [-0.1, -0.05) is 6.07 Å². The molecule has 1 aromatic heterocycles. The zero-order valence-corrected chi connectivity index (χ0v) is 9.83. The summed E-state index contributed by atoms with van der Waals surface area (Å²) in [5.41, 5.74) is 6.54. The Bertz CT molecular complexity index is 523. The first kappa shape index (κ1) is 11.5. The Hall–Kier alpha value is -2.01. The predicted molar refractivity (Wildman–Crippen MR) is 69.2 cm³/mol. The molecule has 0 radical (unpaired) electrons. The van der Waals surface area contributed by atoms with Crippen molar-refractivity contribution in [1.82, 2.24) is 0 Å². The molecule has 0 unspecified atom stereocenters. The number of thiophene rings is 1.